The summed E-state index contributed by atoms with van der Waals surface area (Å²) in [7, 11) is 0. The molecule has 23 heavy (non-hydrogen) atoms. The van der Waals surface area contributed by atoms with Gasteiger partial charge in [0.05, 0.1) is 0 Å². The molecule has 0 radical (unpaired) electrons. The van der Waals surface area contributed by atoms with Crippen LogP contribution in [0.1, 0.15) is 29.6 Å². The minimum absolute atomic E-state index is 0.142. The summed E-state index contributed by atoms with van der Waals surface area (Å²) in [5, 5.41) is 0.782. The fraction of sp³-hybridized carbons (Fsp3) is 0.444. The molecule has 1 aromatic carbocycles. The molecule has 1 aliphatic heterocycles. The Kier molecular flexibility index (Phi) is 3.65. The fourth-order valence-electron chi connectivity index (χ4n) is 3.33. The first-order chi connectivity index (χ1) is 11.2. The summed E-state index contributed by atoms with van der Waals surface area (Å²) in [5.41, 5.74) is 0.116. The van der Waals surface area contributed by atoms with Crippen molar-refractivity contribution in [2.75, 3.05) is 26.2 Å². The Morgan fingerprint density at radius 1 is 1.09 bits per heavy atom. The lowest BCUT2D eigenvalue weighted by Crippen LogP contribution is -2.37. The van der Waals surface area contributed by atoms with Crippen LogP contribution in [0.4, 0.5) is 0 Å². The number of hydrogen-bond donors (Lipinski definition) is 0. The molecule has 0 atom stereocenters. The van der Waals surface area contributed by atoms with E-state index in [-0.39, 0.29) is 11.5 Å². The van der Waals surface area contributed by atoms with E-state index in [4.69, 9.17) is 4.42 Å². The number of amides is 1. The van der Waals surface area contributed by atoms with Gasteiger partial charge in [-0.05, 0) is 31.4 Å². The largest absolute Gasteiger partial charge is 0.422 e. The maximum atomic E-state index is 12.8. The van der Waals surface area contributed by atoms with Crippen LogP contribution < -0.4 is 5.63 Å². The molecule has 4 rings (SSSR count). The molecular formula is C18H20N2O3. The molecule has 2 fully saturated rings. The SMILES string of the molecule is O=C(c1cc2ccccc2oc1=O)N1CCCN(C2CC2)CC1. The molecule has 1 aliphatic carbocycles. The Hall–Kier alpha value is -2.14. The first-order valence-electron chi connectivity index (χ1n) is 8.28. The molecule has 1 aromatic heterocycles. The Bertz CT molecular complexity index is 794. The van der Waals surface area contributed by atoms with E-state index in [1.54, 1.807) is 17.0 Å². The molecule has 0 bridgehead atoms. The van der Waals surface area contributed by atoms with Gasteiger partial charge in [0.2, 0.25) is 0 Å². The van der Waals surface area contributed by atoms with Crippen LogP contribution in [0.15, 0.2) is 39.5 Å². The molecule has 1 amide bonds. The van der Waals surface area contributed by atoms with E-state index in [0.29, 0.717) is 18.7 Å². The van der Waals surface area contributed by atoms with Gasteiger partial charge in [0, 0.05) is 37.6 Å². The number of benzene rings is 1. The number of rotatable bonds is 2. The first kappa shape index (κ1) is 14.5. The van der Waals surface area contributed by atoms with Gasteiger partial charge in [-0.3, -0.25) is 9.69 Å². The van der Waals surface area contributed by atoms with Crippen molar-refractivity contribution >= 4 is 16.9 Å². The van der Waals surface area contributed by atoms with E-state index >= 15 is 0 Å². The first-order valence-corrected chi connectivity index (χ1v) is 8.28. The minimum atomic E-state index is -0.544. The molecule has 1 saturated carbocycles. The summed E-state index contributed by atoms with van der Waals surface area (Å²) in [6, 6.07) is 9.66. The lowest BCUT2D eigenvalue weighted by atomic mass is 10.1. The summed E-state index contributed by atoms with van der Waals surface area (Å²) in [6.45, 7) is 3.33. The van der Waals surface area contributed by atoms with Crippen LogP contribution in [0, 0.1) is 0 Å². The van der Waals surface area contributed by atoms with Crippen LogP contribution in [-0.4, -0.2) is 47.9 Å². The van der Waals surface area contributed by atoms with E-state index in [2.05, 4.69) is 4.90 Å². The smallest absolute Gasteiger partial charge is 0.349 e. The Morgan fingerprint density at radius 2 is 1.91 bits per heavy atom. The third-order valence-corrected chi connectivity index (χ3v) is 4.75. The molecule has 0 unspecified atom stereocenters. The summed E-state index contributed by atoms with van der Waals surface area (Å²) in [5.74, 6) is -0.206. The molecule has 0 N–H and O–H groups in total. The maximum absolute atomic E-state index is 12.8. The summed E-state index contributed by atoms with van der Waals surface area (Å²) in [6.07, 6.45) is 3.52. The fourth-order valence-corrected chi connectivity index (χ4v) is 3.33. The van der Waals surface area contributed by atoms with E-state index in [1.807, 2.05) is 18.2 Å². The number of carbonyl (C=O) groups excluding carboxylic acids is 1. The highest BCUT2D eigenvalue weighted by atomic mass is 16.4. The van der Waals surface area contributed by atoms with Crippen molar-refractivity contribution in [3.05, 3.63) is 46.3 Å². The maximum Gasteiger partial charge on any atom is 0.349 e. The van der Waals surface area contributed by atoms with Crippen LogP contribution in [0.25, 0.3) is 11.0 Å². The molecule has 120 valence electrons. The lowest BCUT2D eigenvalue weighted by molar-refractivity contribution is 0.0757. The zero-order chi connectivity index (χ0) is 15.8. The third-order valence-electron chi connectivity index (χ3n) is 4.75. The quantitative estimate of drug-likeness (QED) is 0.797. The zero-order valence-electron chi connectivity index (χ0n) is 13.0. The van der Waals surface area contributed by atoms with Crippen molar-refractivity contribution < 1.29 is 9.21 Å². The van der Waals surface area contributed by atoms with Gasteiger partial charge in [-0.1, -0.05) is 18.2 Å². The average Bonchev–Trinajstić information content (AvgIpc) is 3.39. The Balaban J connectivity index is 1.58. The second-order valence-electron chi connectivity index (χ2n) is 6.40. The van der Waals surface area contributed by atoms with Gasteiger partial charge in [-0.15, -0.1) is 0 Å². The van der Waals surface area contributed by atoms with Gasteiger partial charge in [0.1, 0.15) is 11.1 Å². The van der Waals surface area contributed by atoms with Crippen molar-refractivity contribution in [3.63, 3.8) is 0 Å². The number of nitrogens with zero attached hydrogens (tertiary/aromatic N) is 2. The van der Waals surface area contributed by atoms with Gasteiger partial charge >= 0.3 is 5.63 Å². The van der Waals surface area contributed by atoms with E-state index in [9.17, 15) is 9.59 Å². The second kappa shape index (κ2) is 5.81. The van der Waals surface area contributed by atoms with Crippen LogP contribution in [0.3, 0.4) is 0 Å². The summed E-state index contributed by atoms with van der Waals surface area (Å²) < 4.78 is 5.29. The van der Waals surface area contributed by atoms with Crippen molar-refractivity contribution in [2.24, 2.45) is 0 Å². The molecule has 0 spiro atoms. The molecule has 2 aromatic rings. The standard InChI is InChI=1S/C18H20N2O3/c21-17(20-9-3-8-19(10-11-20)14-6-7-14)15-12-13-4-1-2-5-16(13)23-18(15)22/h1-2,4-5,12,14H,3,6-11H2. The molecule has 2 aliphatic rings. The van der Waals surface area contributed by atoms with Gasteiger partial charge in [-0.25, -0.2) is 4.79 Å². The van der Waals surface area contributed by atoms with Crippen molar-refractivity contribution in [1.82, 2.24) is 9.80 Å². The third kappa shape index (κ3) is 2.88. The molecule has 1 saturated heterocycles. The minimum Gasteiger partial charge on any atom is -0.422 e. The molecule has 2 heterocycles. The highest BCUT2D eigenvalue weighted by molar-refractivity contribution is 5.96. The van der Waals surface area contributed by atoms with Crippen LogP contribution in [0.2, 0.25) is 0 Å². The topological polar surface area (TPSA) is 53.8 Å². The highest BCUT2D eigenvalue weighted by Crippen LogP contribution is 2.27. The number of fused-ring (bicyclic) bond motifs is 1. The van der Waals surface area contributed by atoms with Crippen LogP contribution in [-0.2, 0) is 0 Å². The van der Waals surface area contributed by atoms with Crippen molar-refractivity contribution in [2.45, 2.75) is 25.3 Å². The summed E-state index contributed by atoms with van der Waals surface area (Å²) in [4.78, 5) is 29.2. The van der Waals surface area contributed by atoms with E-state index in [0.717, 1.165) is 30.9 Å². The molecular weight excluding hydrogens is 292 g/mol. The lowest BCUT2D eigenvalue weighted by Gasteiger charge is -2.21. The normalized spacial score (nSPS) is 19.7. The highest BCUT2D eigenvalue weighted by Gasteiger charge is 2.31. The second-order valence-corrected chi connectivity index (χ2v) is 6.40. The number of carbonyl (C=O) groups is 1. The predicted molar refractivity (Wildman–Crippen MR) is 87.6 cm³/mol. The van der Waals surface area contributed by atoms with E-state index in [1.165, 1.54) is 12.8 Å². The van der Waals surface area contributed by atoms with Gasteiger partial charge < -0.3 is 9.32 Å². The van der Waals surface area contributed by atoms with Crippen molar-refractivity contribution in [3.8, 4) is 0 Å². The van der Waals surface area contributed by atoms with E-state index < -0.39 is 5.63 Å². The molecule has 5 nitrogen and oxygen atoms in total. The number of para-hydroxylation sites is 1. The van der Waals surface area contributed by atoms with Crippen LogP contribution >= 0.6 is 0 Å². The Morgan fingerprint density at radius 3 is 2.74 bits per heavy atom. The monoisotopic (exact) mass is 312 g/mol. The number of hydrogen-bond acceptors (Lipinski definition) is 4. The Labute approximate surface area is 134 Å². The van der Waals surface area contributed by atoms with Gasteiger partial charge in [0.25, 0.3) is 5.91 Å². The van der Waals surface area contributed by atoms with Gasteiger partial charge in [-0.2, -0.15) is 0 Å². The molecule has 5 heteroatoms. The average molecular weight is 312 g/mol. The van der Waals surface area contributed by atoms with Gasteiger partial charge in [0.15, 0.2) is 0 Å². The summed E-state index contributed by atoms with van der Waals surface area (Å²) >= 11 is 0. The van der Waals surface area contributed by atoms with Crippen LogP contribution in [0.5, 0.6) is 0 Å². The zero-order valence-corrected chi connectivity index (χ0v) is 13.0. The van der Waals surface area contributed by atoms with Crippen molar-refractivity contribution in [1.29, 1.82) is 0 Å². The predicted octanol–water partition coefficient (Wildman–Crippen LogP) is 2.10.